The molecule has 3 aromatic carbocycles. The number of alkyl halides is 1. The van der Waals surface area contributed by atoms with Crippen LogP contribution in [0.5, 0.6) is 0 Å². The number of nitrogens with one attached hydrogen (secondary N) is 1. The smallest absolute Gasteiger partial charge is 0.351 e. The average Bonchev–Trinajstić information content (AvgIpc) is 3.26. The number of rotatable bonds is 8. The molecule has 0 spiro atoms. The number of ether oxygens (including phenoxy) is 2. The molecule has 2 heterocycles. The molecule has 1 fully saturated rings. The summed E-state index contributed by atoms with van der Waals surface area (Å²) in [6.45, 7) is 0.730. The van der Waals surface area contributed by atoms with Crippen LogP contribution in [0.2, 0.25) is 0 Å². The maximum atomic E-state index is 16.8. The molecule has 42 heavy (non-hydrogen) atoms. The minimum atomic E-state index is -2.39. The fourth-order valence-corrected chi connectivity index (χ4v) is 5.08. The second-order valence-electron chi connectivity index (χ2n) is 9.82. The molecule has 1 N–H and O–H groups in total. The Kier molecular flexibility index (Phi) is 7.94. The third-order valence-electron chi connectivity index (χ3n) is 7.03. The standard InChI is InChI=1S/C31H26FN3O7/c1-31(32)25(21-14-8-9-15-22(21)27(37)38)23(18-41-28(39)20-12-6-3-7-13-20)42-29(31)35-17-16-24(34-30(35)40)33-26(36)19-10-4-2-5-11-19/h2-17,23,25,29H,18H2,1H3,(H,37,38)(H,33,34,36,40)/p-1/t23-,25-,29-,31-/m1/s1. The zero-order valence-electron chi connectivity index (χ0n) is 22.3. The van der Waals surface area contributed by atoms with E-state index in [4.69, 9.17) is 9.47 Å². The Morgan fingerprint density at radius 2 is 1.60 bits per heavy atom. The number of hydrogen-bond donors (Lipinski definition) is 1. The summed E-state index contributed by atoms with van der Waals surface area (Å²) in [6, 6.07) is 23.5. The molecule has 1 aliphatic rings. The van der Waals surface area contributed by atoms with Crippen molar-refractivity contribution in [2.24, 2.45) is 0 Å². The predicted molar refractivity (Wildman–Crippen MR) is 147 cm³/mol. The summed E-state index contributed by atoms with van der Waals surface area (Å²) in [5.41, 5.74) is -2.92. The van der Waals surface area contributed by atoms with Crippen LogP contribution in [0.25, 0.3) is 0 Å². The van der Waals surface area contributed by atoms with Crippen molar-refractivity contribution in [3.8, 4) is 0 Å². The van der Waals surface area contributed by atoms with Gasteiger partial charge in [-0.05, 0) is 42.8 Å². The minimum Gasteiger partial charge on any atom is -0.545 e. The molecule has 0 saturated carbocycles. The van der Waals surface area contributed by atoms with Crippen molar-refractivity contribution in [1.29, 1.82) is 0 Å². The van der Waals surface area contributed by atoms with E-state index in [2.05, 4.69) is 10.3 Å². The summed E-state index contributed by atoms with van der Waals surface area (Å²) in [4.78, 5) is 54.0. The molecule has 1 saturated heterocycles. The van der Waals surface area contributed by atoms with Crippen molar-refractivity contribution in [2.75, 3.05) is 11.9 Å². The molecular formula is C31H25FN3O7-. The number of nitrogens with zero attached hydrogens (tertiary/aromatic N) is 2. The minimum absolute atomic E-state index is 0.0542. The van der Waals surface area contributed by atoms with Crippen LogP contribution in [0, 0.1) is 0 Å². The summed E-state index contributed by atoms with van der Waals surface area (Å²) in [5.74, 6) is -4.05. The molecule has 11 heteroatoms. The lowest BCUT2D eigenvalue weighted by Gasteiger charge is -2.30. The van der Waals surface area contributed by atoms with Crippen molar-refractivity contribution in [2.45, 2.75) is 30.8 Å². The molecule has 0 radical (unpaired) electrons. The summed E-state index contributed by atoms with van der Waals surface area (Å²) in [7, 11) is 0. The molecule has 4 aromatic rings. The van der Waals surface area contributed by atoms with E-state index < -0.39 is 54.1 Å². The Morgan fingerprint density at radius 3 is 2.24 bits per heavy atom. The van der Waals surface area contributed by atoms with Gasteiger partial charge in [0, 0.05) is 17.3 Å². The van der Waals surface area contributed by atoms with Gasteiger partial charge in [0.05, 0.1) is 17.5 Å². The quantitative estimate of drug-likeness (QED) is 0.319. The Morgan fingerprint density at radius 1 is 0.976 bits per heavy atom. The van der Waals surface area contributed by atoms with Gasteiger partial charge in [-0.2, -0.15) is 4.98 Å². The molecule has 1 aliphatic heterocycles. The lowest BCUT2D eigenvalue weighted by molar-refractivity contribution is -0.255. The van der Waals surface area contributed by atoms with Crippen molar-refractivity contribution in [1.82, 2.24) is 9.55 Å². The van der Waals surface area contributed by atoms with Gasteiger partial charge in [-0.25, -0.2) is 14.0 Å². The highest BCUT2D eigenvalue weighted by molar-refractivity contribution is 6.03. The number of anilines is 1. The van der Waals surface area contributed by atoms with Gasteiger partial charge in [0.1, 0.15) is 18.5 Å². The Hall–Kier alpha value is -5.16. The van der Waals surface area contributed by atoms with Gasteiger partial charge in [0.25, 0.3) is 5.91 Å². The van der Waals surface area contributed by atoms with Crippen molar-refractivity contribution >= 4 is 23.7 Å². The first-order valence-corrected chi connectivity index (χ1v) is 13.0. The monoisotopic (exact) mass is 570 g/mol. The lowest BCUT2D eigenvalue weighted by Crippen LogP contribution is -2.39. The Labute approximate surface area is 239 Å². The van der Waals surface area contributed by atoms with Crippen molar-refractivity contribution < 1.29 is 33.4 Å². The normalized spacial score (nSPS) is 21.4. The van der Waals surface area contributed by atoms with E-state index in [1.54, 1.807) is 60.7 Å². The molecule has 1 aromatic heterocycles. The van der Waals surface area contributed by atoms with Gasteiger partial charge >= 0.3 is 11.7 Å². The van der Waals surface area contributed by atoms with Crippen LogP contribution in [-0.4, -0.2) is 45.8 Å². The number of hydrogen-bond acceptors (Lipinski definition) is 8. The topological polar surface area (TPSA) is 140 Å². The summed E-state index contributed by atoms with van der Waals surface area (Å²) < 4.78 is 29.2. The fourth-order valence-electron chi connectivity index (χ4n) is 5.08. The Bertz CT molecular complexity index is 1670. The first-order valence-electron chi connectivity index (χ1n) is 13.0. The third kappa shape index (κ3) is 5.68. The summed E-state index contributed by atoms with van der Waals surface area (Å²) >= 11 is 0. The summed E-state index contributed by atoms with van der Waals surface area (Å²) in [5, 5.41) is 14.4. The predicted octanol–water partition coefficient (Wildman–Crippen LogP) is 3.13. The largest absolute Gasteiger partial charge is 0.545 e. The van der Waals surface area contributed by atoms with Crippen LogP contribution in [0.1, 0.15) is 55.7 Å². The number of benzene rings is 3. The number of carbonyl (C=O) groups is 3. The van der Waals surface area contributed by atoms with E-state index in [1.165, 1.54) is 43.5 Å². The zero-order chi connectivity index (χ0) is 29.9. The van der Waals surface area contributed by atoms with E-state index >= 15 is 4.39 Å². The molecule has 0 unspecified atom stereocenters. The molecule has 214 valence electrons. The van der Waals surface area contributed by atoms with Crippen LogP contribution in [-0.2, 0) is 9.47 Å². The van der Waals surface area contributed by atoms with Crippen LogP contribution in [0.4, 0.5) is 10.2 Å². The highest BCUT2D eigenvalue weighted by Gasteiger charge is 2.57. The number of carboxylic acids is 1. The number of carboxylic acid groups (broad SMARTS) is 1. The molecule has 10 nitrogen and oxygen atoms in total. The van der Waals surface area contributed by atoms with Gasteiger partial charge in [0.15, 0.2) is 11.9 Å². The number of aromatic carboxylic acids is 1. The molecule has 0 aliphatic carbocycles. The van der Waals surface area contributed by atoms with Gasteiger partial charge in [-0.3, -0.25) is 9.36 Å². The van der Waals surface area contributed by atoms with Crippen LogP contribution < -0.4 is 16.1 Å². The van der Waals surface area contributed by atoms with Crippen LogP contribution >= 0.6 is 0 Å². The lowest BCUT2D eigenvalue weighted by atomic mass is 9.80. The first-order chi connectivity index (χ1) is 20.2. The van der Waals surface area contributed by atoms with Crippen molar-refractivity contribution in [3.63, 3.8) is 0 Å². The van der Waals surface area contributed by atoms with Crippen molar-refractivity contribution in [3.05, 3.63) is 130 Å². The van der Waals surface area contributed by atoms with Gasteiger partial charge in [-0.1, -0.05) is 60.7 Å². The number of halogens is 1. The second-order valence-corrected chi connectivity index (χ2v) is 9.82. The maximum absolute atomic E-state index is 16.8. The number of carbonyl (C=O) groups excluding carboxylic acids is 3. The van der Waals surface area contributed by atoms with Crippen LogP contribution in [0.15, 0.2) is 102 Å². The highest BCUT2D eigenvalue weighted by atomic mass is 19.1. The van der Waals surface area contributed by atoms with E-state index in [1.807, 2.05) is 0 Å². The average molecular weight is 571 g/mol. The number of amides is 1. The SMILES string of the molecule is C[C@@]1(F)[C@H](c2ccccc2C(=O)[O-])[C@@H](COC(=O)c2ccccc2)O[C@H]1n1ccc(NC(=O)c2ccccc2)nc1=O. The maximum Gasteiger partial charge on any atom is 0.351 e. The molecular weight excluding hydrogens is 545 g/mol. The molecule has 0 bridgehead atoms. The van der Waals surface area contributed by atoms with Gasteiger partial charge in [-0.15, -0.1) is 0 Å². The fraction of sp³-hybridized carbons (Fsp3) is 0.194. The molecule has 5 rings (SSSR count). The van der Waals surface area contributed by atoms with Gasteiger partial charge < -0.3 is 24.7 Å². The molecule has 1 amide bonds. The highest BCUT2D eigenvalue weighted by Crippen LogP contribution is 2.51. The second kappa shape index (κ2) is 11.8. The summed E-state index contributed by atoms with van der Waals surface area (Å²) in [6.07, 6.45) is -1.56. The third-order valence-corrected chi connectivity index (χ3v) is 7.03. The van der Waals surface area contributed by atoms with E-state index in [9.17, 15) is 24.3 Å². The molecule has 4 atom stereocenters. The van der Waals surface area contributed by atoms with E-state index in [0.717, 1.165) is 4.57 Å². The van der Waals surface area contributed by atoms with E-state index in [0.29, 0.717) is 5.56 Å². The Balaban J connectivity index is 1.46. The van der Waals surface area contributed by atoms with Gasteiger partial charge in [0.2, 0.25) is 0 Å². The van der Waals surface area contributed by atoms with E-state index in [-0.39, 0.29) is 22.5 Å². The number of esters is 1. The number of aromatic nitrogens is 2. The first kappa shape index (κ1) is 28.4. The van der Waals surface area contributed by atoms with Crippen LogP contribution in [0.3, 0.4) is 0 Å². The zero-order valence-corrected chi connectivity index (χ0v) is 22.3.